The lowest BCUT2D eigenvalue weighted by Crippen LogP contribution is -2.48. The van der Waals surface area contributed by atoms with Crippen molar-refractivity contribution in [2.75, 3.05) is 13.1 Å². The summed E-state index contributed by atoms with van der Waals surface area (Å²) in [4.78, 5) is 16.8. The van der Waals surface area contributed by atoms with Crippen LogP contribution in [0.2, 0.25) is 5.02 Å². The molecule has 1 atom stereocenters. The molecule has 3 rings (SSSR count). The Morgan fingerprint density at radius 2 is 2.40 bits per heavy atom. The lowest BCUT2D eigenvalue weighted by Gasteiger charge is -2.37. The molecule has 0 saturated carbocycles. The van der Waals surface area contributed by atoms with Crippen molar-refractivity contribution in [1.29, 1.82) is 0 Å². The molecule has 7 nitrogen and oxygen atoms in total. The summed E-state index contributed by atoms with van der Waals surface area (Å²) in [6, 6.07) is 1.58. The number of aliphatic hydroxyl groups is 1. The van der Waals surface area contributed by atoms with E-state index in [1.807, 2.05) is 0 Å². The first kappa shape index (κ1) is 13.1. The number of carbonyl (C=O) groups excluding carboxylic acids is 1. The van der Waals surface area contributed by atoms with E-state index in [2.05, 4.69) is 20.4 Å². The lowest BCUT2D eigenvalue weighted by molar-refractivity contribution is -0.0321. The van der Waals surface area contributed by atoms with Crippen molar-refractivity contribution in [3.05, 3.63) is 34.9 Å². The molecule has 2 aromatic heterocycles. The van der Waals surface area contributed by atoms with Crippen LogP contribution >= 0.6 is 11.6 Å². The van der Waals surface area contributed by atoms with Crippen LogP contribution in [0.25, 0.3) is 0 Å². The number of β-amino-alcohol motifs (C(OH)–C–C–N with tert-alkyl or cyclic N) is 1. The molecule has 1 amide bonds. The second-order valence-corrected chi connectivity index (χ2v) is 5.39. The monoisotopic (exact) mass is 295 g/mol. The number of carbonyl (C=O) groups is 1. The predicted octanol–water partition coefficient (Wildman–Crippen LogP) is 0.910. The largest absolute Gasteiger partial charge is 0.382 e. The molecule has 3 N–H and O–H groups in total. The van der Waals surface area contributed by atoms with E-state index in [0.29, 0.717) is 35.8 Å². The fraction of sp³-hybridized carbons (Fsp3) is 0.417. The van der Waals surface area contributed by atoms with E-state index in [-0.39, 0.29) is 12.5 Å². The maximum Gasteiger partial charge on any atom is 0.270 e. The zero-order valence-electron chi connectivity index (χ0n) is 10.6. The maximum atomic E-state index is 12.4. The van der Waals surface area contributed by atoms with Gasteiger partial charge in [0.2, 0.25) is 0 Å². The van der Waals surface area contributed by atoms with Gasteiger partial charge in [-0.3, -0.25) is 4.79 Å². The topological polar surface area (TPSA) is 97.9 Å². The van der Waals surface area contributed by atoms with Gasteiger partial charge >= 0.3 is 0 Å². The molecule has 3 heterocycles. The van der Waals surface area contributed by atoms with Crippen LogP contribution in [-0.2, 0) is 5.60 Å². The third-order valence-corrected chi connectivity index (χ3v) is 3.75. The highest BCUT2D eigenvalue weighted by atomic mass is 35.5. The molecule has 1 aliphatic heterocycles. The van der Waals surface area contributed by atoms with Crippen molar-refractivity contribution in [2.45, 2.75) is 18.4 Å². The Hall–Kier alpha value is -1.86. The van der Waals surface area contributed by atoms with Gasteiger partial charge in [0.15, 0.2) is 0 Å². The van der Waals surface area contributed by atoms with Crippen LogP contribution in [0, 0.1) is 0 Å². The average Bonchev–Trinajstić information content (AvgIpc) is 3.09. The van der Waals surface area contributed by atoms with Crippen molar-refractivity contribution < 1.29 is 9.90 Å². The molecule has 0 unspecified atom stereocenters. The van der Waals surface area contributed by atoms with Crippen molar-refractivity contribution >= 4 is 17.5 Å². The van der Waals surface area contributed by atoms with Crippen LogP contribution in [0.5, 0.6) is 0 Å². The highest BCUT2D eigenvalue weighted by Crippen LogP contribution is 2.30. The van der Waals surface area contributed by atoms with Gasteiger partial charge in [-0.2, -0.15) is 15.4 Å². The van der Waals surface area contributed by atoms with Gasteiger partial charge in [0, 0.05) is 12.7 Å². The third-order valence-electron chi connectivity index (χ3n) is 3.53. The number of halogens is 1. The normalized spacial score (nSPS) is 23.0. The first-order valence-corrected chi connectivity index (χ1v) is 6.68. The second-order valence-electron chi connectivity index (χ2n) is 4.95. The van der Waals surface area contributed by atoms with Gasteiger partial charge in [-0.25, -0.2) is 0 Å². The molecule has 20 heavy (non-hydrogen) atoms. The Bertz CT molecular complexity index is 611. The summed E-state index contributed by atoms with van der Waals surface area (Å²) in [5.74, 6) is -0.182. The molecule has 0 bridgehead atoms. The lowest BCUT2D eigenvalue weighted by atomic mass is 9.90. The Morgan fingerprint density at radius 1 is 1.55 bits per heavy atom. The van der Waals surface area contributed by atoms with Gasteiger partial charge in [0.25, 0.3) is 5.91 Å². The van der Waals surface area contributed by atoms with Gasteiger partial charge in [0.1, 0.15) is 17.0 Å². The minimum Gasteiger partial charge on any atom is -0.382 e. The highest BCUT2D eigenvalue weighted by Gasteiger charge is 2.39. The molecule has 0 aliphatic carbocycles. The number of nitrogens with one attached hydrogen (secondary N) is 2. The van der Waals surface area contributed by atoms with Crippen LogP contribution in [0.15, 0.2) is 18.5 Å². The number of likely N-dealkylation sites (tertiary alicyclic amines) is 1. The number of aromatic amines is 2. The third kappa shape index (κ3) is 2.30. The average molecular weight is 296 g/mol. The van der Waals surface area contributed by atoms with Crippen LogP contribution in [0.1, 0.15) is 29.0 Å². The van der Waals surface area contributed by atoms with Crippen molar-refractivity contribution in [1.82, 2.24) is 25.3 Å². The fourth-order valence-electron chi connectivity index (χ4n) is 2.51. The molecule has 0 aromatic carbocycles. The molecular formula is C12H14ClN5O2. The van der Waals surface area contributed by atoms with E-state index in [1.54, 1.807) is 17.2 Å². The standard InChI is InChI=1S/C12H14ClN5O2/c13-8-4-9(14-5-8)11(19)18-3-1-2-12(20,7-18)10-6-15-17-16-10/h4-6,14,20H,1-3,7H2,(H,15,16,17)/t12-/m0/s1. The molecule has 0 radical (unpaired) electrons. The predicted molar refractivity (Wildman–Crippen MR) is 71.2 cm³/mol. The number of nitrogens with zero attached hydrogens (tertiary/aromatic N) is 3. The van der Waals surface area contributed by atoms with Crippen LogP contribution in [0.3, 0.4) is 0 Å². The van der Waals surface area contributed by atoms with Gasteiger partial charge in [-0.05, 0) is 18.9 Å². The van der Waals surface area contributed by atoms with Gasteiger partial charge < -0.3 is 15.0 Å². The second kappa shape index (κ2) is 4.92. The van der Waals surface area contributed by atoms with Crippen LogP contribution in [-0.4, -0.2) is 49.4 Å². The SMILES string of the molecule is O=C(c1cc(Cl)c[nH]1)N1CCC[C@@](O)(c2cn[nH]n2)C1. The van der Waals surface area contributed by atoms with Gasteiger partial charge in [0.05, 0.1) is 17.8 Å². The van der Waals surface area contributed by atoms with Gasteiger partial charge in [-0.1, -0.05) is 11.6 Å². The number of amides is 1. The Morgan fingerprint density at radius 3 is 3.05 bits per heavy atom. The van der Waals surface area contributed by atoms with Crippen LogP contribution < -0.4 is 0 Å². The quantitative estimate of drug-likeness (QED) is 0.767. The number of hydrogen-bond donors (Lipinski definition) is 3. The van der Waals surface area contributed by atoms with Crippen molar-refractivity contribution in [2.24, 2.45) is 0 Å². The summed E-state index contributed by atoms with van der Waals surface area (Å²) in [5.41, 5.74) is -0.281. The van der Waals surface area contributed by atoms with E-state index in [1.165, 1.54) is 6.20 Å². The molecule has 1 aliphatic rings. The smallest absolute Gasteiger partial charge is 0.270 e. The molecule has 2 aromatic rings. The van der Waals surface area contributed by atoms with Gasteiger partial charge in [-0.15, -0.1) is 0 Å². The number of aromatic nitrogens is 4. The van der Waals surface area contributed by atoms with Crippen molar-refractivity contribution in [3.63, 3.8) is 0 Å². The molecule has 106 valence electrons. The first-order valence-electron chi connectivity index (χ1n) is 6.30. The summed E-state index contributed by atoms with van der Waals surface area (Å²) in [7, 11) is 0. The zero-order valence-corrected chi connectivity index (χ0v) is 11.4. The molecule has 1 fully saturated rings. The fourth-order valence-corrected chi connectivity index (χ4v) is 2.67. The van der Waals surface area contributed by atoms with Crippen LogP contribution in [0.4, 0.5) is 0 Å². The number of piperidine rings is 1. The Kier molecular flexibility index (Phi) is 3.23. The van der Waals surface area contributed by atoms with E-state index in [4.69, 9.17) is 11.6 Å². The van der Waals surface area contributed by atoms with E-state index < -0.39 is 5.60 Å². The summed E-state index contributed by atoms with van der Waals surface area (Å²) in [5, 5.41) is 21.3. The number of rotatable bonds is 2. The molecular weight excluding hydrogens is 282 g/mol. The number of H-pyrrole nitrogens is 2. The minimum absolute atomic E-state index is 0.182. The summed E-state index contributed by atoms with van der Waals surface area (Å²) in [6.07, 6.45) is 4.29. The van der Waals surface area contributed by atoms with E-state index in [0.717, 1.165) is 0 Å². The molecule has 0 spiro atoms. The summed E-state index contributed by atoms with van der Waals surface area (Å²) >= 11 is 5.81. The highest BCUT2D eigenvalue weighted by molar-refractivity contribution is 6.30. The minimum atomic E-state index is -1.16. The summed E-state index contributed by atoms with van der Waals surface area (Å²) in [6.45, 7) is 0.782. The Labute approximate surface area is 119 Å². The Balaban J connectivity index is 1.80. The first-order chi connectivity index (χ1) is 9.58. The molecule has 1 saturated heterocycles. The zero-order chi connectivity index (χ0) is 14.2. The number of hydrogen-bond acceptors (Lipinski definition) is 4. The summed E-state index contributed by atoms with van der Waals surface area (Å²) < 4.78 is 0. The van der Waals surface area contributed by atoms with Crippen molar-refractivity contribution in [3.8, 4) is 0 Å². The van der Waals surface area contributed by atoms with E-state index >= 15 is 0 Å². The van der Waals surface area contributed by atoms with E-state index in [9.17, 15) is 9.90 Å². The molecule has 8 heteroatoms. The maximum absolute atomic E-state index is 12.4.